The maximum absolute atomic E-state index is 10.3. The normalized spacial score (nSPS) is 14.1. The lowest BCUT2D eigenvalue weighted by atomic mass is 9.97. The van der Waals surface area contributed by atoms with Crippen molar-refractivity contribution in [2.24, 2.45) is 5.73 Å². The van der Waals surface area contributed by atoms with E-state index in [1.54, 1.807) is 11.8 Å². The summed E-state index contributed by atoms with van der Waals surface area (Å²) in [7, 11) is 0. The molecule has 3 heteroatoms. The van der Waals surface area contributed by atoms with Crippen LogP contribution in [-0.2, 0) is 6.42 Å². The minimum absolute atomic E-state index is 0.289. The fourth-order valence-corrected chi connectivity index (χ4v) is 2.45. The summed E-state index contributed by atoms with van der Waals surface area (Å²) in [5, 5.41) is 10.3. The summed E-state index contributed by atoms with van der Waals surface area (Å²) in [6.07, 6.45) is 2.08. The third-order valence-electron chi connectivity index (χ3n) is 3.18. The Morgan fingerprint density at radius 1 is 1.05 bits per heavy atom. The Morgan fingerprint density at radius 3 is 2.26 bits per heavy atom. The number of aliphatic hydroxyl groups is 1. The van der Waals surface area contributed by atoms with Gasteiger partial charge in [-0.1, -0.05) is 42.5 Å². The third-order valence-corrected chi connectivity index (χ3v) is 3.92. The van der Waals surface area contributed by atoms with Crippen LogP contribution in [0.2, 0.25) is 0 Å². The summed E-state index contributed by atoms with van der Waals surface area (Å²) in [4.78, 5) is 1.19. The lowest BCUT2D eigenvalue weighted by Gasteiger charge is -2.19. The Hall–Kier alpha value is -1.29. The van der Waals surface area contributed by atoms with Crippen LogP contribution in [0.5, 0.6) is 0 Å². The molecule has 0 fully saturated rings. The summed E-state index contributed by atoms with van der Waals surface area (Å²) in [6.45, 7) is 0. The van der Waals surface area contributed by atoms with Crippen molar-refractivity contribution < 1.29 is 5.11 Å². The monoisotopic (exact) mass is 273 g/mol. The number of rotatable bonds is 5. The summed E-state index contributed by atoms with van der Waals surface area (Å²) in [5.74, 6) is 0. The molecule has 0 bridgehead atoms. The average Bonchev–Trinajstić information content (AvgIpc) is 2.47. The van der Waals surface area contributed by atoms with E-state index in [1.807, 2.05) is 60.9 Å². The molecule has 0 aliphatic carbocycles. The van der Waals surface area contributed by atoms with Crippen LogP contribution in [0.25, 0.3) is 0 Å². The molecule has 2 atom stereocenters. The molecule has 0 aromatic heterocycles. The number of hydrogen-bond donors (Lipinski definition) is 2. The maximum Gasteiger partial charge on any atom is 0.0944 e. The molecule has 0 saturated heterocycles. The van der Waals surface area contributed by atoms with Crippen LogP contribution >= 0.6 is 11.8 Å². The molecule has 2 rings (SSSR count). The fraction of sp³-hybridized carbons (Fsp3) is 0.250. The third kappa shape index (κ3) is 3.83. The second kappa shape index (κ2) is 6.75. The van der Waals surface area contributed by atoms with Crippen LogP contribution in [0.15, 0.2) is 59.5 Å². The zero-order valence-electron chi connectivity index (χ0n) is 11.0. The van der Waals surface area contributed by atoms with E-state index in [-0.39, 0.29) is 6.04 Å². The smallest absolute Gasteiger partial charge is 0.0944 e. The van der Waals surface area contributed by atoms with E-state index in [0.29, 0.717) is 6.42 Å². The highest BCUT2D eigenvalue weighted by molar-refractivity contribution is 7.98. The molecule has 0 aliphatic heterocycles. The van der Waals surface area contributed by atoms with Gasteiger partial charge in [0.1, 0.15) is 0 Å². The minimum Gasteiger partial charge on any atom is -0.387 e. The van der Waals surface area contributed by atoms with Crippen molar-refractivity contribution in [3.05, 3.63) is 65.7 Å². The van der Waals surface area contributed by atoms with Gasteiger partial charge in [0.15, 0.2) is 0 Å². The van der Waals surface area contributed by atoms with Crippen LogP contribution in [-0.4, -0.2) is 17.4 Å². The van der Waals surface area contributed by atoms with Crippen LogP contribution in [0.3, 0.4) is 0 Å². The second-order valence-corrected chi connectivity index (χ2v) is 5.45. The van der Waals surface area contributed by atoms with E-state index in [4.69, 9.17) is 5.73 Å². The zero-order valence-corrected chi connectivity index (χ0v) is 11.8. The maximum atomic E-state index is 10.3. The predicted molar refractivity (Wildman–Crippen MR) is 81.3 cm³/mol. The van der Waals surface area contributed by atoms with Gasteiger partial charge < -0.3 is 10.8 Å². The largest absolute Gasteiger partial charge is 0.387 e. The van der Waals surface area contributed by atoms with Gasteiger partial charge in [0.25, 0.3) is 0 Å². The molecule has 0 saturated carbocycles. The van der Waals surface area contributed by atoms with Gasteiger partial charge in [-0.2, -0.15) is 0 Å². The van der Waals surface area contributed by atoms with E-state index in [9.17, 15) is 5.11 Å². The molecule has 2 aromatic rings. The van der Waals surface area contributed by atoms with E-state index < -0.39 is 6.10 Å². The van der Waals surface area contributed by atoms with Gasteiger partial charge >= 0.3 is 0 Å². The number of thioether (sulfide) groups is 1. The molecular weight excluding hydrogens is 254 g/mol. The molecule has 100 valence electrons. The van der Waals surface area contributed by atoms with Gasteiger partial charge in [0, 0.05) is 10.9 Å². The van der Waals surface area contributed by atoms with Crippen molar-refractivity contribution in [2.45, 2.75) is 23.5 Å². The van der Waals surface area contributed by atoms with Crippen LogP contribution in [0.4, 0.5) is 0 Å². The highest BCUT2D eigenvalue weighted by Crippen LogP contribution is 2.22. The molecule has 0 heterocycles. The van der Waals surface area contributed by atoms with Gasteiger partial charge in [0.2, 0.25) is 0 Å². The lowest BCUT2D eigenvalue weighted by molar-refractivity contribution is 0.146. The van der Waals surface area contributed by atoms with E-state index in [1.165, 1.54) is 4.90 Å². The number of benzene rings is 2. The van der Waals surface area contributed by atoms with Gasteiger partial charge in [0.05, 0.1) is 6.10 Å². The van der Waals surface area contributed by atoms with Crippen LogP contribution < -0.4 is 5.73 Å². The van der Waals surface area contributed by atoms with E-state index in [2.05, 4.69) is 0 Å². The molecule has 19 heavy (non-hydrogen) atoms. The molecule has 0 spiro atoms. The topological polar surface area (TPSA) is 46.2 Å². The molecule has 0 aliphatic rings. The predicted octanol–water partition coefficient (Wildman–Crippen LogP) is 3.01. The lowest BCUT2D eigenvalue weighted by Crippen LogP contribution is -2.30. The van der Waals surface area contributed by atoms with E-state index in [0.717, 1.165) is 11.1 Å². The Kier molecular flexibility index (Phi) is 5.02. The summed E-state index contributed by atoms with van der Waals surface area (Å²) >= 11 is 1.69. The van der Waals surface area contributed by atoms with E-state index >= 15 is 0 Å². The van der Waals surface area contributed by atoms with Crippen molar-refractivity contribution in [1.82, 2.24) is 0 Å². The number of hydrogen-bond acceptors (Lipinski definition) is 3. The van der Waals surface area contributed by atoms with Crippen LogP contribution in [0, 0.1) is 0 Å². The van der Waals surface area contributed by atoms with Crippen molar-refractivity contribution in [3.8, 4) is 0 Å². The Labute approximate surface area is 118 Å². The van der Waals surface area contributed by atoms with Gasteiger partial charge in [-0.25, -0.2) is 0 Å². The quantitative estimate of drug-likeness (QED) is 0.823. The molecule has 2 nitrogen and oxygen atoms in total. The van der Waals surface area contributed by atoms with Crippen molar-refractivity contribution >= 4 is 11.8 Å². The first-order valence-corrected chi connectivity index (χ1v) is 7.54. The van der Waals surface area contributed by atoms with Gasteiger partial charge in [-0.3, -0.25) is 0 Å². The minimum atomic E-state index is -0.629. The Balaban J connectivity index is 2.03. The highest BCUT2D eigenvalue weighted by Gasteiger charge is 2.17. The second-order valence-electron chi connectivity index (χ2n) is 4.57. The summed E-state index contributed by atoms with van der Waals surface area (Å²) < 4.78 is 0. The SMILES string of the molecule is CSc1ccc(C(O)C(N)Cc2ccccc2)cc1. The van der Waals surface area contributed by atoms with Gasteiger partial charge in [-0.15, -0.1) is 11.8 Å². The number of aliphatic hydroxyl groups excluding tert-OH is 1. The molecule has 0 amide bonds. The number of nitrogens with two attached hydrogens (primary N) is 1. The Morgan fingerprint density at radius 2 is 1.68 bits per heavy atom. The van der Waals surface area contributed by atoms with Crippen LogP contribution in [0.1, 0.15) is 17.2 Å². The molecule has 0 radical (unpaired) electrons. The molecule has 3 N–H and O–H groups in total. The fourth-order valence-electron chi connectivity index (χ4n) is 2.05. The first-order valence-electron chi connectivity index (χ1n) is 6.32. The zero-order chi connectivity index (χ0) is 13.7. The Bertz CT molecular complexity index is 498. The summed E-state index contributed by atoms with van der Waals surface area (Å²) in [6, 6.07) is 17.6. The molecular formula is C16H19NOS. The first-order chi connectivity index (χ1) is 9.20. The van der Waals surface area contributed by atoms with Crippen molar-refractivity contribution in [2.75, 3.05) is 6.26 Å². The highest BCUT2D eigenvalue weighted by atomic mass is 32.2. The van der Waals surface area contributed by atoms with Crippen molar-refractivity contribution in [3.63, 3.8) is 0 Å². The first kappa shape index (κ1) is 14.1. The van der Waals surface area contributed by atoms with Gasteiger partial charge in [-0.05, 0) is 35.9 Å². The molecule has 2 unspecified atom stereocenters. The standard InChI is InChI=1S/C16H19NOS/c1-19-14-9-7-13(8-10-14)16(18)15(17)11-12-5-3-2-4-6-12/h2-10,15-16,18H,11,17H2,1H3. The van der Waals surface area contributed by atoms with Crippen molar-refractivity contribution in [1.29, 1.82) is 0 Å². The molecule has 2 aromatic carbocycles. The average molecular weight is 273 g/mol. The summed E-state index contributed by atoms with van der Waals surface area (Å²) in [5.41, 5.74) is 8.12.